The molecule has 0 unspecified atom stereocenters. The summed E-state index contributed by atoms with van der Waals surface area (Å²) in [7, 11) is -4.34. The van der Waals surface area contributed by atoms with Gasteiger partial charge in [0.05, 0.1) is 15.5 Å². The Morgan fingerprint density at radius 2 is 1.46 bits per heavy atom. The first-order chi connectivity index (χ1) is 13.3. The highest BCUT2D eigenvalue weighted by atomic mass is 35.5. The third-order valence-corrected chi connectivity index (χ3v) is 5.83. The molecule has 0 saturated carbocycles. The number of hydrogen-bond acceptors (Lipinski definition) is 5. The maximum atomic E-state index is 13.2. The number of nitro groups is 1. The summed E-state index contributed by atoms with van der Waals surface area (Å²) in [6, 6.07) is 18.0. The highest BCUT2D eigenvalue weighted by Crippen LogP contribution is 2.28. The normalized spacial score (nSPS) is 11.0. The summed E-state index contributed by atoms with van der Waals surface area (Å²) in [6.07, 6.45) is 0. The number of rotatable bonds is 5. The Balaban J connectivity index is 2.13. The molecule has 0 saturated heterocycles. The number of hydrogen-bond donors (Lipinski definition) is 0. The van der Waals surface area contributed by atoms with Gasteiger partial charge in [-0.05, 0) is 48.5 Å². The summed E-state index contributed by atoms with van der Waals surface area (Å²) in [4.78, 5) is 23.0. The van der Waals surface area contributed by atoms with Crippen molar-refractivity contribution in [1.29, 1.82) is 0 Å². The molecule has 3 aromatic rings. The summed E-state index contributed by atoms with van der Waals surface area (Å²) in [6.45, 7) is 0. The number of halogens is 1. The molecule has 1 amide bonds. The van der Waals surface area contributed by atoms with Crippen molar-refractivity contribution >= 4 is 38.9 Å². The van der Waals surface area contributed by atoms with Crippen molar-refractivity contribution in [2.75, 3.05) is 4.31 Å². The predicted octanol–water partition coefficient (Wildman–Crippen LogP) is 4.28. The predicted molar refractivity (Wildman–Crippen MR) is 105 cm³/mol. The Kier molecular flexibility index (Phi) is 5.43. The van der Waals surface area contributed by atoms with Crippen LogP contribution in [0.1, 0.15) is 10.4 Å². The first-order valence-corrected chi connectivity index (χ1v) is 9.77. The Bertz CT molecular complexity index is 1120. The van der Waals surface area contributed by atoms with Crippen LogP contribution in [0, 0.1) is 10.1 Å². The molecule has 0 aliphatic rings. The molecule has 142 valence electrons. The molecule has 3 aromatic carbocycles. The number of nitro benzene ring substituents is 1. The van der Waals surface area contributed by atoms with Gasteiger partial charge in [0.25, 0.3) is 21.6 Å². The third-order valence-electron chi connectivity index (χ3n) is 3.85. The van der Waals surface area contributed by atoms with E-state index in [1.807, 2.05) is 0 Å². The highest BCUT2D eigenvalue weighted by Gasteiger charge is 2.32. The zero-order valence-electron chi connectivity index (χ0n) is 14.2. The Morgan fingerprint density at radius 3 is 2.00 bits per heavy atom. The Morgan fingerprint density at radius 1 is 0.893 bits per heavy atom. The van der Waals surface area contributed by atoms with Crippen LogP contribution in [0.5, 0.6) is 0 Å². The average Bonchev–Trinajstić information content (AvgIpc) is 2.70. The maximum Gasteiger partial charge on any atom is 0.272 e. The van der Waals surface area contributed by atoms with Crippen LogP contribution >= 0.6 is 11.6 Å². The standard InChI is InChI=1S/C19H13ClN2O5S/c20-15-6-8-16(9-7-15)21(19(23)14-4-2-1-3-5-14)28(26,27)18-12-10-17(11-13-18)22(24)25/h1-13H. The van der Waals surface area contributed by atoms with E-state index in [2.05, 4.69) is 0 Å². The van der Waals surface area contributed by atoms with Crippen molar-refractivity contribution in [3.63, 3.8) is 0 Å². The monoisotopic (exact) mass is 416 g/mol. The molecule has 0 fully saturated rings. The first-order valence-electron chi connectivity index (χ1n) is 7.95. The van der Waals surface area contributed by atoms with E-state index >= 15 is 0 Å². The van der Waals surface area contributed by atoms with E-state index in [9.17, 15) is 23.3 Å². The molecule has 0 bridgehead atoms. The summed E-state index contributed by atoms with van der Waals surface area (Å²) < 4.78 is 27.1. The molecule has 0 aliphatic carbocycles. The van der Waals surface area contributed by atoms with Crippen molar-refractivity contribution in [3.05, 3.63) is 99.6 Å². The summed E-state index contributed by atoms with van der Waals surface area (Å²) in [5.41, 5.74) is 0.00548. The van der Waals surface area contributed by atoms with Gasteiger partial charge in [-0.1, -0.05) is 29.8 Å². The lowest BCUT2D eigenvalue weighted by atomic mass is 10.2. The van der Waals surface area contributed by atoms with Gasteiger partial charge in [0.1, 0.15) is 0 Å². The van der Waals surface area contributed by atoms with E-state index in [4.69, 9.17) is 11.6 Å². The van der Waals surface area contributed by atoms with Gasteiger partial charge in [0.15, 0.2) is 0 Å². The molecule has 9 heteroatoms. The first kappa shape index (κ1) is 19.5. The van der Waals surface area contributed by atoms with Crippen LogP contribution < -0.4 is 4.31 Å². The second-order valence-electron chi connectivity index (χ2n) is 5.67. The minimum atomic E-state index is -4.34. The van der Waals surface area contributed by atoms with Crippen molar-refractivity contribution < 1.29 is 18.1 Å². The van der Waals surface area contributed by atoms with Gasteiger partial charge in [-0.15, -0.1) is 0 Å². The van der Waals surface area contributed by atoms with Gasteiger partial charge in [-0.25, -0.2) is 8.42 Å². The number of anilines is 1. The van der Waals surface area contributed by atoms with E-state index < -0.39 is 20.9 Å². The van der Waals surface area contributed by atoms with Crippen molar-refractivity contribution in [2.45, 2.75) is 4.90 Å². The van der Waals surface area contributed by atoms with Crippen LogP contribution in [0.15, 0.2) is 83.8 Å². The highest BCUT2D eigenvalue weighted by molar-refractivity contribution is 7.93. The number of sulfonamides is 1. The summed E-state index contributed by atoms with van der Waals surface area (Å²) in [5, 5.41) is 11.2. The fraction of sp³-hybridized carbons (Fsp3) is 0. The molecule has 28 heavy (non-hydrogen) atoms. The van der Waals surface area contributed by atoms with Gasteiger partial charge in [-0.2, -0.15) is 4.31 Å². The number of nitrogens with zero attached hydrogens (tertiary/aromatic N) is 2. The zero-order valence-corrected chi connectivity index (χ0v) is 15.8. The van der Waals surface area contributed by atoms with Crippen LogP contribution in [-0.2, 0) is 10.0 Å². The minimum absolute atomic E-state index is 0.0941. The maximum absolute atomic E-state index is 13.2. The topological polar surface area (TPSA) is 97.6 Å². The van der Waals surface area contributed by atoms with E-state index in [0.717, 1.165) is 24.3 Å². The van der Waals surface area contributed by atoms with Crippen LogP contribution in [0.25, 0.3) is 0 Å². The SMILES string of the molecule is O=C(c1ccccc1)N(c1ccc(Cl)cc1)S(=O)(=O)c1ccc([N+](=O)[O-])cc1. The van der Waals surface area contributed by atoms with Gasteiger partial charge in [0, 0.05) is 22.7 Å². The zero-order chi connectivity index (χ0) is 20.3. The lowest BCUT2D eigenvalue weighted by molar-refractivity contribution is -0.384. The molecule has 0 N–H and O–H groups in total. The van der Waals surface area contributed by atoms with Gasteiger partial charge in [0.2, 0.25) is 0 Å². The van der Waals surface area contributed by atoms with Crippen molar-refractivity contribution in [1.82, 2.24) is 0 Å². The van der Waals surface area contributed by atoms with Crippen molar-refractivity contribution in [3.8, 4) is 0 Å². The fourth-order valence-corrected chi connectivity index (χ4v) is 4.02. The van der Waals surface area contributed by atoms with Gasteiger partial charge >= 0.3 is 0 Å². The molecule has 3 rings (SSSR count). The van der Waals surface area contributed by atoms with Crippen molar-refractivity contribution in [2.24, 2.45) is 0 Å². The number of amides is 1. The lowest BCUT2D eigenvalue weighted by Crippen LogP contribution is -2.37. The third kappa shape index (κ3) is 3.88. The number of non-ortho nitro benzene ring substituents is 1. The summed E-state index contributed by atoms with van der Waals surface area (Å²) in [5.74, 6) is -0.763. The number of benzene rings is 3. The van der Waals surface area contributed by atoms with Crippen LogP contribution in [-0.4, -0.2) is 19.2 Å². The second-order valence-corrected chi connectivity index (χ2v) is 7.89. The quantitative estimate of drug-likeness (QED) is 0.456. The van der Waals surface area contributed by atoms with E-state index in [-0.39, 0.29) is 21.8 Å². The molecular weight excluding hydrogens is 404 g/mol. The fourth-order valence-electron chi connectivity index (χ4n) is 2.48. The van der Waals surface area contributed by atoms with Crippen LogP contribution in [0.3, 0.4) is 0 Å². The number of carbonyl (C=O) groups is 1. The molecule has 0 heterocycles. The molecule has 0 aromatic heterocycles. The second kappa shape index (κ2) is 7.79. The average molecular weight is 417 g/mol. The largest absolute Gasteiger partial charge is 0.272 e. The lowest BCUT2D eigenvalue weighted by Gasteiger charge is -2.23. The molecule has 7 nitrogen and oxygen atoms in total. The Hall–Kier alpha value is -3.23. The molecule has 0 aliphatic heterocycles. The molecule has 0 atom stereocenters. The summed E-state index contributed by atoms with van der Waals surface area (Å²) >= 11 is 5.87. The minimum Gasteiger partial charge on any atom is -0.268 e. The van der Waals surface area contributed by atoms with Crippen LogP contribution in [0.4, 0.5) is 11.4 Å². The van der Waals surface area contributed by atoms with Crippen LogP contribution in [0.2, 0.25) is 5.02 Å². The van der Waals surface area contributed by atoms with E-state index in [0.29, 0.717) is 9.33 Å². The van der Waals surface area contributed by atoms with Gasteiger partial charge < -0.3 is 0 Å². The molecule has 0 spiro atoms. The van der Waals surface area contributed by atoms with E-state index in [1.54, 1.807) is 18.2 Å². The van der Waals surface area contributed by atoms with E-state index in [1.165, 1.54) is 36.4 Å². The Labute approximate surface area is 166 Å². The smallest absolute Gasteiger partial charge is 0.268 e. The molecule has 0 radical (unpaired) electrons. The molecular formula is C19H13ClN2O5S. The van der Waals surface area contributed by atoms with Gasteiger partial charge in [-0.3, -0.25) is 14.9 Å². The number of carbonyl (C=O) groups excluding carboxylic acids is 1.